The van der Waals surface area contributed by atoms with Gasteiger partial charge in [-0.15, -0.1) is 0 Å². The average molecular weight is 471 g/mol. The van der Waals surface area contributed by atoms with Gasteiger partial charge in [-0.25, -0.2) is 12.8 Å². The first-order chi connectivity index (χ1) is 15.6. The summed E-state index contributed by atoms with van der Waals surface area (Å²) in [5.74, 6) is -0.744. The third-order valence-corrected chi connectivity index (χ3v) is 6.28. The van der Waals surface area contributed by atoms with E-state index in [1.54, 1.807) is 0 Å². The van der Waals surface area contributed by atoms with Gasteiger partial charge in [-0.1, -0.05) is 24.3 Å². The quantitative estimate of drug-likeness (QED) is 0.471. The van der Waals surface area contributed by atoms with Gasteiger partial charge in [0.2, 0.25) is 0 Å². The van der Waals surface area contributed by atoms with E-state index >= 15 is 0 Å². The fourth-order valence-corrected chi connectivity index (χ4v) is 4.13. The zero-order valence-corrected chi connectivity index (χ0v) is 19.6. The van der Waals surface area contributed by atoms with Crippen LogP contribution in [0.2, 0.25) is 0 Å². The van der Waals surface area contributed by atoms with E-state index in [-0.39, 0.29) is 22.5 Å². The van der Waals surface area contributed by atoms with E-state index in [9.17, 15) is 17.6 Å². The fraction of sp³-hybridized carbons (Fsp3) is 0.240. The third-order valence-electron chi connectivity index (χ3n) is 4.90. The van der Waals surface area contributed by atoms with Gasteiger partial charge in [0.15, 0.2) is 0 Å². The minimum absolute atomic E-state index is 0.0370. The summed E-state index contributed by atoms with van der Waals surface area (Å²) in [6.45, 7) is 6.37. The number of ether oxygens (including phenoxy) is 1. The van der Waals surface area contributed by atoms with E-state index in [1.807, 2.05) is 38.1 Å². The van der Waals surface area contributed by atoms with Gasteiger partial charge in [-0.3, -0.25) is 9.52 Å². The second-order valence-corrected chi connectivity index (χ2v) is 9.64. The molecular weight excluding hydrogens is 443 g/mol. The maximum absolute atomic E-state index is 13.4. The van der Waals surface area contributed by atoms with Crippen LogP contribution < -0.4 is 10.0 Å². The fourth-order valence-electron chi connectivity index (χ4n) is 2.99. The van der Waals surface area contributed by atoms with Gasteiger partial charge in [0.1, 0.15) is 5.82 Å². The van der Waals surface area contributed by atoms with Crippen molar-refractivity contribution in [1.29, 1.82) is 0 Å². The predicted octanol–water partition coefficient (Wildman–Crippen LogP) is 4.79. The van der Waals surface area contributed by atoms with Gasteiger partial charge in [-0.05, 0) is 79.9 Å². The largest absolute Gasteiger partial charge is 0.374 e. The van der Waals surface area contributed by atoms with Gasteiger partial charge in [0, 0.05) is 17.8 Å². The second-order valence-electron chi connectivity index (χ2n) is 7.95. The van der Waals surface area contributed by atoms with Crippen molar-refractivity contribution in [3.8, 4) is 0 Å². The Kier molecular flexibility index (Phi) is 7.84. The molecule has 0 aliphatic rings. The van der Waals surface area contributed by atoms with Crippen molar-refractivity contribution >= 4 is 21.6 Å². The van der Waals surface area contributed by atoms with Crippen molar-refractivity contribution in [2.24, 2.45) is 0 Å². The Labute approximate surface area is 193 Å². The second kappa shape index (κ2) is 10.6. The molecule has 33 heavy (non-hydrogen) atoms. The minimum atomic E-state index is -3.87. The highest BCUT2D eigenvalue weighted by Crippen LogP contribution is 2.19. The van der Waals surface area contributed by atoms with Crippen molar-refractivity contribution in [2.45, 2.75) is 44.9 Å². The van der Waals surface area contributed by atoms with Crippen LogP contribution in [-0.2, 0) is 27.9 Å². The van der Waals surface area contributed by atoms with E-state index < -0.39 is 15.8 Å². The SMILES string of the molecule is Cc1cc(S(=O)(=O)Nc2ccc(C(=O)NCc3ccc(COC(C)C)cc3)cc2)ccc1F. The van der Waals surface area contributed by atoms with Crippen LogP contribution in [0, 0.1) is 12.7 Å². The number of nitrogens with one attached hydrogen (secondary N) is 2. The van der Waals surface area contributed by atoms with Crippen LogP contribution in [0.25, 0.3) is 0 Å². The molecule has 1 amide bonds. The van der Waals surface area contributed by atoms with Crippen molar-refractivity contribution < 1.29 is 22.3 Å². The number of amides is 1. The average Bonchev–Trinajstić information content (AvgIpc) is 2.78. The maximum atomic E-state index is 13.4. The molecule has 0 heterocycles. The number of sulfonamides is 1. The van der Waals surface area contributed by atoms with Crippen LogP contribution in [0.5, 0.6) is 0 Å². The molecule has 2 N–H and O–H groups in total. The summed E-state index contributed by atoms with van der Waals surface area (Å²) in [6.07, 6.45) is 0.165. The molecule has 0 aliphatic carbocycles. The highest BCUT2D eigenvalue weighted by atomic mass is 32.2. The molecule has 3 aromatic carbocycles. The number of carbonyl (C=O) groups excluding carboxylic acids is 1. The summed E-state index contributed by atoms with van der Waals surface area (Å²) in [6, 6.07) is 17.5. The molecule has 0 bridgehead atoms. The van der Waals surface area contributed by atoms with Gasteiger partial charge in [-0.2, -0.15) is 0 Å². The molecule has 8 heteroatoms. The number of rotatable bonds is 9. The minimum Gasteiger partial charge on any atom is -0.374 e. The number of anilines is 1. The Bertz CT molecular complexity index is 1210. The standard InChI is InChI=1S/C25H27FN2O4S/c1-17(2)32-16-20-6-4-19(5-7-20)15-27-25(29)21-8-10-22(11-9-21)28-33(30,31)23-12-13-24(26)18(3)14-23/h4-14,17,28H,15-16H2,1-3H3,(H,27,29). The van der Waals surface area contributed by atoms with Crippen molar-refractivity contribution in [2.75, 3.05) is 4.72 Å². The molecule has 3 aromatic rings. The maximum Gasteiger partial charge on any atom is 0.261 e. The van der Waals surface area contributed by atoms with Crippen molar-refractivity contribution in [3.05, 3.63) is 94.8 Å². The van der Waals surface area contributed by atoms with Gasteiger partial charge in [0.25, 0.3) is 15.9 Å². The summed E-state index contributed by atoms with van der Waals surface area (Å²) in [4.78, 5) is 12.4. The molecule has 0 spiro atoms. The topological polar surface area (TPSA) is 84.5 Å². The predicted molar refractivity (Wildman–Crippen MR) is 126 cm³/mol. The molecule has 0 unspecified atom stereocenters. The van der Waals surface area contributed by atoms with E-state index in [1.165, 1.54) is 43.3 Å². The monoisotopic (exact) mass is 470 g/mol. The first kappa shape index (κ1) is 24.4. The summed E-state index contributed by atoms with van der Waals surface area (Å²) in [7, 11) is -3.87. The Morgan fingerprint density at radius 3 is 2.21 bits per heavy atom. The van der Waals surface area contributed by atoms with Crippen LogP contribution >= 0.6 is 0 Å². The van der Waals surface area contributed by atoms with Gasteiger partial charge in [0.05, 0.1) is 17.6 Å². The summed E-state index contributed by atoms with van der Waals surface area (Å²) < 4.78 is 46.5. The Morgan fingerprint density at radius 2 is 1.61 bits per heavy atom. The molecule has 0 radical (unpaired) electrons. The lowest BCUT2D eigenvalue weighted by molar-refractivity contribution is 0.0657. The van der Waals surface area contributed by atoms with E-state index in [2.05, 4.69) is 10.0 Å². The van der Waals surface area contributed by atoms with Crippen molar-refractivity contribution in [3.63, 3.8) is 0 Å². The number of hydrogen-bond acceptors (Lipinski definition) is 4. The molecule has 0 aromatic heterocycles. The number of hydrogen-bond donors (Lipinski definition) is 2. The first-order valence-electron chi connectivity index (χ1n) is 10.5. The molecule has 0 aliphatic heterocycles. The van der Waals surface area contributed by atoms with Crippen molar-refractivity contribution in [1.82, 2.24) is 5.32 Å². The number of aryl methyl sites for hydroxylation is 1. The Hall–Kier alpha value is -3.23. The van der Waals surface area contributed by atoms with E-state index in [0.29, 0.717) is 24.4 Å². The normalized spacial score (nSPS) is 11.4. The van der Waals surface area contributed by atoms with Crippen LogP contribution in [0.1, 0.15) is 40.9 Å². The highest BCUT2D eigenvalue weighted by Gasteiger charge is 2.16. The van der Waals surface area contributed by atoms with Crippen LogP contribution in [0.15, 0.2) is 71.6 Å². The molecular formula is C25H27FN2O4S. The number of halogens is 1. The molecule has 3 rings (SSSR count). The molecule has 6 nitrogen and oxygen atoms in total. The molecule has 174 valence electrons. The lowest BCUT2D eigenvalue weighted by Crippen LogP contribution is -2.22. The zero-order valence-electron chi connectivity index (χ0n) is 18.8. The number of carbonyl (C=O) groups is 1. The molecule has 0 fully saturated rings. The number of benzene rings is 3. The molecule has 0 atom stereocenters. The summed E-state index contributed by atoms with van der Waals surface area (Å²) >= 11 is 0. The summed E-state index contributed by atoms with van der Waals surface area (Å²) in [5.41, 5.74) is 2.96. The third kappa shape index (κ3) is 6.87. The van der Waals surface area contributed by atoms with Gasteiger partial charge < -0.3 is 10.1 Å². The highest BCUT2D eigenvalue weighted by molar-refractivity contribution is 7.92. The summed E-state index contributed by atoms with van der Waals surface area (Å²) in [5, 5.41) is 2.85. The van der Waals surface area contributed by atoms with E-state index in [4.69, 9.17) is 4.74 Å². The molecule has 0 saturated heterocycles. The molecule has 0 saturated carbocycles. The first-order valence-corrected chi connectivity index (χ1v) is 12.0. The van der Waals surface area contributed by atoms with Crippen LogP contribution in [0.4, 0.5) is 10.1 Å². The van der Waals surface area contributed by atoms with Crippen LogP contribution in [-0.4, -0.2) is 20.4 Å². The lowest BCUT2D eigenvalue weighted by atomic mass is 10.1. The van der Waals surface area contributed by atoms with E-state index in [0.717, 1.165) is 17.2 Å². The lowest BCUT2D eigenvalue weighted by Gasteiger charge is -2.11. The Morgan fingerprint density at radius 1 is 0.970 bits per heavy atom. The smallest absolute Gasteiger partial charge is 0.261 e. The van der Waals surface area contributed by atoms with Crippen LogP contribution in [0.3, 0.4) is 0 Å². The van der Waals surface area contributed by atoms with Gasteiger partial charge >= 0.3 is 0 Å². The Balaban J connectivity index is 1.57. The zero-order chi connectivity index (χ0) is 24.0.